The van der Waals surface area contributed by atoms with Crippen LogP contribution in [0.2, 0.25) is 0 Å². The molecule has 0 amide bonds. The predicted octanol–water partition coefficient (Wildman–Crippen LogP) is 3.01. The predicted molar refractivity (Wildman–Crippen MR) is 68.0 cm³/mol. The monoisotopic (exact) mass is 224 g/mol. The third-order valence-electron chi connectivity index (χ3n) is 4.15. The summed E-state index contributed by atoms with van der Waals surface area (Å²) in [7, 11) is 0. The lowest BCUT2D eigenvalue weighted by molar-refractivity contribution is 0.312. The fourth-order valence-corrected chi connectivity index (χ4v) is 2.97. The molecule has 1 aromatic carbocycles. The molecule has 1 saturated heterocycles. The zero-order valence-electron chi connectivity index (χ0n) is 10.1. The first-order chi connectivity index (χ1) is 8.28. The topological polar surface area (TPSA) is 27.0 Å². The summed E-state index contributed by atoms with van der Waals surface area (Å²) < 4.78 is 0. The lowest BCUT2D eigenvalue weighted by atomic mass is 9.88. The first-order valence-electron chi connectivity index (χ1n) is 6.25. The van der Waals surface area contributed by atoms with Crippen molar-refractivity contribution < 1.29 is 0 Å². The Hall–Kier alpha value is -1.75. The van der Waals surface area contributed by atoms with Gasteiger partial charge >= 0.3 is 0 Å². The Bertz CT molecular complexity index is 493. The van der Waals surface area contributed by atoms with E-state index in [-0.39, 0.29) is 0 Å². The molecule has 0 saturated carbocycles. The molecule has 0 aromatic heterocycles. The van der Waals surface area contributed by atoms with Crippen LogP contribution < -0.4 is 0 Å². The van der Waals surface area contributed by atoms with Crippen molar-refractivity contribution in [2.24, 2.45) is 5.92 Å². The van der Waals surface area contributed by atoms with Gasteiger partial charge in [0.2, 0.25) is 0 Å². The van der Waals surface area contributed by atoms with Gasteiger partial charge in [0, 0.05) is 18.8 Å². The molecule has 0 N–H and O–H groups in total. The number of nitriles is 1. The highest BCUT2D eigenvalue weighted by Gasteiger charge is 2.33. The molecule has 0 spiro atoms. The first-order valence-corrected chi connectivity index (χ1v) is 6.25. The molecule has 2 heterocycles. The molecular formula is C15H16N2. The van der Waals surface area contributed by atoms with Crippen LogP contribution in [0.4, 0.5) is 0 Å². The van der Waals surface area contributed by atoms with E-state index in [0.29, 0.717) is 6.04 Å². The second-order valence-corrected chi connectivity index (χ2v) is 5.07. The van der Waals surface area contributed by atoms with Gasteiger partial charge in [-0.1, -0.05) is 12.1 Å². The average molecular weight is 224 g/mol. The molecule has 0 radical (unpaired) electrons. The van der Waals surface area contributed by atoms with Crippen LogP contribution in [0.25, 0.3) is 5.57 Å². The highest BCUT2D eigenvalue weighted by atomic mass is 15.2. The minimum absolute atomic E-state index is 0.706. The maximum atomic E-state index is 8.79. The van der Waals surface area contributed by atoms with Crippen LogP contribution in [-0.2, 0) is 0 Å². The smallest absolute Gasteiger partial charge is 0.0991 e. The van der Waals surface area contributed by atoms with Crippen molar-refractivity contribution in [3.05, 3.63) is 41.6 Å². The van der Waals surface area contributed by atoms with Crippen molar-refractivity contribution in [2.75, 3.05) is 6.54 Å². The first kappa shape index (κ1) is 10.4. The maximum Gasteiger partial charge on any atom is 0.0991 e. The third-order valence-corrected chi connectivity index (χ3v) is 4.15. The minimum Gasteiger partial charge on any atom is -0.374 e. The number of nitrogens with zero attached hydrogens (tertiary/aromatic N) is 2. The fraction of sp³-hybridized carbons (Fsp3) is 0.400. The summed E-state index contributed by atoms with van der Waals surface area (Å²) in [6.45, 7) is 3.52. The molecule has 2 unspecified atom stereocenters. The SMILES string of the molecule is CC1C2CCN1C=C(c1ccc(C#N)cc1)C2. The van der Waals surface area contributed by atoms with Crippen molar-refractivity contribution in [1.82, 2.24) is 4.90 Å². The van der Waals surface area contributed by atoms with Crippen LogP contribution in [0.3, 0.4) is 0 Å². The molecule has 17 heavy (non-hydrogen) atoms. The third kappa shape index (κ3) is 1.72. The van der Waals surface area contributed by atoms with E-state index in [2.05, 4.69) is 36.2 Å². The fourth-order valence-electron chi connectivity index (χ4n) is 2.97. The van der Waals surface area contributed by atoms with Crippen molar-refractivity contribution in [1.29, 1.82) is 5.26 Å². The quantitative estimate of drug-likeness (QED) is 0.733. The molecule has 1 fully saturated rings. The van der Waals surface area contributed by atoms with Gasteiger partial charge in [-0.3, -0.25) is 0 Å². The Labute approximate surface area is 102 Å². The van der Waals surface area contributed by atoms with Gasteiger partial charge in [-0.2, -0.15) is 5.26 Å². The number of fused-ring (bicyclic) bond motifs is 2. The average Bonchev–Trinajstić information content (AvgIpc) is 2.61. The normalized spacial score (nSPS) is 26.6. The van der Waals surface area contributed by atoms with Gasteiger partial charge in [-0.05, 0) is 49.0 Å². The van der Waals surface area contributed by atoms with Crippen LogP contribution in [0.5, 0.6) is 0 Å². The van der Waals surface area contributed by atoms with E-state index in [0.717, 1.165) is 11.5 Å². The Morgan fingerprint density at radius 2 is 2.06 bits per heavy atom. The van der Waals surface area contributed by atoms with E-state index in [1.54, 1.807) is 0 Å². The van der Waals surface area contributed by atoms with Crippen LogP contribution in [0.15, 0.2) is 30.5 Å². The standard InChI is InChI=1S/C15H16N2/c1-11-14-6-7-17(11)10-15(8-14)13-4-2-12(9-16)3-5-13/h2-5,10-11,14H,6-8H2,1H3. The molecular weight excluding hydrogens is 208 g/mol. The second kappa shape index (κ2) is 3.92. The molecule has 2 heteroatoms. The molecule has 2 aliphatic rings. The number of hydrogen-bond acceptors (Lipinski definition) is 2. The van der Waals surface area contributed by atoms with Crippen LogP contribution in [-0.4, -0.2) is 17.5 Å². The summed E-state index contributed by atoms with van der Waals surface area (Å²) in [5, 5.41) is 8.79. The summed E-state index contributed by atoms with van der Waals surface area (Å²) in [5.41, 5.74) is 3.43. The van der Waals surface area contributed by atoms with Gasteiger partial charge in [0.15, 0.2) is 0 Å². The lowest BCUT2D eigenvalue weighted by Gasteiger charge is -2.30. The van der Waals surface area contributed by atoms with E-state index >= 15 is 0 Å². The molecule has 3 rings (SSSR count). The zero-order valence-corrected chi connectivity index (χ0v) is 10.1. The van der Waals surface area contributed by atoms with Gasteiger partial charge in [-0.15, -0.1) is 0 Å². The van der Waals surface area contributed by atoms with E-state index in [1.807, 2.05) is 12.1 Å². The van der Waals surface area contributed by atoms with Gasteiger partial charge < -0.3 is 4.90 Å². The summed E-state index contributed by atoms with van der Waals surface area (Å²) >= 11 is 0. The van der Waals surface area contributed by atoms with Gasteiger partial charge in [-0.25, -0.2) is 0 Å². The Kier molecular flexibility index (Phi) is 2.40. The number of hydrogen-bond donors (Lipinski definition) is 0. The van der Waals surface area contributed by atoms with Crippen molar-refractivity contribution in [3.63, 3.8) is 0 Å². The molecule has 2 atom stereocenters. The van der Waals surface area contributed by atoms with Crippen molar-refractivity contribution in [3.8, 4) is 6.07 Å². The molecule has 2 bridgehead atoms. The van der Waals surface area contributed by atoms with Gasteiger partial charge in [0.25, 0.3) is 0 Å². The number of allylic oxidation sites excluding steroid dienone is 1. The van der Waals surface area contributed by atoms with Gasteiger partial charge in [0.1, 0.15) is 0 Å². The van der Waals surface area contributed by atoms with E-state index in [1.165, 1.54) is 30.5 Å². The van der Waals surface area contributed by atoms with Crippen LogP contribution in [0.1, 0.15) is 30.9 Å². The Balaban J connectivity index is 1.90. The van der Waals surface area contributed by atoms with E-state index in [4.69, 9.17) is 5.26 Å². The number of rotatable bonds is 1. The molecule has 1 aromatic rings. The molecule has 86 valence electrons. The summed E-state index contributed by atoms with van der Waals surface area (Å²) in [5.74, 6) is 0.811. The lowest BCUT2D eigenvalue weighted by Crippen LogP contribution is -2.29. The molecule has 0 aliphatic carbocycles. The summed E-state index contributed by atoms with van der Waals surface area (Å²) in [6.07, 6.45) is 4.82. The number of benzene rings is 1. The highest BCUT2D eigenvalue weighted by molar-refractivity contribution is 5.67. The Morgan fingerprint density at radius 3 is 2.71 bits per heavy atom. The minimum atomic E-state index is 0.706. The van der Waals surface area contributed by atoms with Gasteiger partial charge in [0.05, 0.1) is 11.6 Å². The zero-order chi connectivity index (χ0) is 11.8. The molecule has 2 nitrogen and oxygen atoms in total. The summed E-state index contributed by atoms with van der Waals surface area (Å²) in [4.78, 5) is 2.46. The van der Waals surface area contributed by atoms with Crippen LogP contribution in [0, 0.1) is 17.2 Å². The Morgan fingerprint density at radius 1 is 1.29 bits per heavy atom. The molecule has 2 aliphatic heterocycles. The second-order valence-electron chi connectivity index (χ2n) is 5.07. The summed E-state index contributed by atoms with van der Waals surface area (Å²) in [6, 6.07) is 10.8. The van der Waals surface area contributed by atoms with E-state index in [9.17, 15) is 0 Å². The van der Waals surface area contributed by atoms with E-state index < -0.39 is 0 Å². The largest absolute Gasteiger partial charge is 0.374 e. The highest BCUT2D eigenvalue weighted by Crippen LogP contribution is 2.38. The maximum absolute atomic E-state index is 8.79. The van der Waals surface area contributed by atoms with Crippen molar-refractivity contribution in [2.45, 2.75) is 25.8 Å². The van der Waals surface area contributed by atoms with Crippen LogP contribution >= 0.6 is 0 Å². The van der Waals surface area contributed by atoms with Crippen molar-refractivity contribution >= 4 is 5.57 Å².